The molecule has 2 aromatic carbocycles. The summed E-state index contributed by atoms with van der Waals surface area (Å²) in [6.45, 7) is 3.41. The third kappa shape index (κ3) is 6.21. The molecule has 7 heteroatoms. The van der Waals surface area contributed by atoms with Crippen molar-refractivity contribution in [2.75, 3.05) is 25.6 Å². The van der Waals surface area contributed by atoms with Gasteiger partial charge in [-0.05, 0) is 36.8 Å². The summed E-state index contributed by atoms with van der Waals surface area (Å²) in [4.78, 5) is 20.6. The van der Waals surface area contributed by atoms with Crippen LogP contribution in [0.3, 0.4) is 0 Å². The van der Waals surface area contributed by atoms with E-state index in [9.17, 15) is 4.79 Å². The molecule has 7 nitrogen and oxygen atoms in total. The summed E-state index contributed by atoms with van der Waals surface area (Å²) < 4.78 is 10.7. The molecule has 2 N–H and O–H groups in total. The van der Waals surface area contributed by atoms with Crippen LogP contribution in [0.4, 0.5) is 5.82 Å². The van der Waals surface area contributed by atoms with Crippen molar-refractivity contribution < 1.29 is 14.3 Å². The number of hydrogen-bond donors (Lipinski definition) is 2. The quantitative estimate of drug-likeness (QED) is 0.544. The summed E-state index contributed by atoms with van der Waals surface area (Å²) in [7, 11) is 1.61. The van der Waals surface area contributed by atoms with Crippen LogP contribution in [-0.2, 0) is 6.54 Å². The van der Waals surface area contributed by atoms with Gasteiger partial charge in [-0.2, -0.15) is 0 Å². The lowest BCUT2D eigenvalue weighted by Gasteiger charge is -2.09. The minimum Gasteiger partial charge on any atom is -0.497 e. The highest BCUT2D eigenvalue weighted by atomic mass is 16.5. The summed E-state index contributed by atoms with van der Waals surface area (Å²) in [6.07, 6.45) is 3.01. The highest BCUT2D eigenvalue weighted by Crippen LogP contribution is 2.16. The Morgan fingerprint density at radius 3 is 2.34 bits per heavy atom. The highest BCUT2D eigenvalue weighted by molar-refractivity contribution is 5.91. The van der Waals surface area contributed by atoms with Crippen molar-refractivity contribution in [3.05, 3.63) is 77.7 Å². The van der Waals surface area contributed by atoms with Gasteiger partial charge in [0.1, 0.15) is 29.6 Å². The number of aryl methyl sites for hydroxylation is 1. The first-order valence-electron chi connectivity index (χ1n) is 9.30. The molecule has 0 aliphatic heterocycles. The third-order valence-corrected chi connectivity index (χ3v) is 4.19. The van der Waals surface area contributed by atoms with Crippen LogP contribution in [0.15, 0.2) is 60.9 Å². The summed E-state index contributed by atoms with van der Waals surface area (Å²) in [5, 5.41) is 5.95. The fraction of sp³-hybridized carbons (Fsp3) is 0.227. The number of carbonyl (C=O) groups is 1. The lowest BCUT2D eigenvalue weighted by Crippen LogP contribution is -2.28. The van der Waals surface area contributed by atoms with Crippen LogP contribution >= 0.6 is 0 Å². The van der Waals surface area contributed by atoms with E-state index < -0.39 is 0 Å². The van der Waals surface area contributed by atoms with E-state index >= 15 is 0 Å². The van der Waals surface area contributed by atoms with Crippen LogP contribution in [0.2, 0.25) is 0 Å². The Morgan fingerprint density at radius 2 is 1.69 bits per heavy atom. The molecule has 3 aromatic rings. The number of methoxy groups -OCH3 is 1. The van der Waals surface area contributed by atoms with E-state index in [0.29, 0.717) is 31.3 Å². The zero-order valence-corrected chi connectivity index (χ0v) is 16.5. The maximum absolute atomic E-state index is 12.2. The second kappa shape index (κ2) is 10.1. The van der Waals surface area contributed by atoms with Crippen molar-refractivity contribution in [3.63, 3.8) is 0 Å². The predicted octanol–water partition coefficient (Wildman–Crippen LogP) is 3.21. The fourth-order valence-electron chi connectivity index (χ4n) is 2.53. The third-order valence-electron chi connectivity index (χ3n) is 4.19. The van der Waals surface area contributed by atoms with Crippen LogP contribution in [0.1, 0.15) is 21.6 Å². The SMILES string of the molecule is COc1ccc(OCCNC(=O)c2cnc(NCc3ccc(C)cc3)cn2)cc1. The molecular weight excluding hydrogens is 368 g/mol. The number of ether oxygens (including phenoxy) is 2. The number of amides is 1. The Morgan fingerprint density at radius 1 is 0.966 bits per heavy atom. The molecule has 0 aliphatic rings. The molecule has 1 aromatic heterocycles. The molecule has 0 atom stereocenters. The number of nitrogens with one attached hydrogen (secondary N) is 2. The summed E-state index contributed by atoms with van der Waals surface area (Å²) in [5.41, 5.74) is 2.63. The van der Waals surface area contributed by atoms with E-state index in [2.05, 4.69) is 51.8 Å². The van der Waals surface area contributed by atoms with Gasteiger partial charge in [-0.3, -0.25) is 4.79 Å². The number of aromatic nitrogens is 2. The van der Waals surface area contributed by atoms with Gasteiger partial charge in [-0.25, -0.2) is 9.97 Å². The zero-order valence-electron chi connectivity index (χ0n) is 16.5. The molecule has 0 fully saturated rings. The first kappa shape index (κ1) is 20.1. The maximum atomic E-state index is 12.2. The smallest absolute Gasteiger partial charge is 0.271 e. The molecule has 0 bridgehead atoms. The fourth-order valence-corrected chi connectivity index (χ4v) is 2.53. The van der Waals surface area contributed by atoms with Crippen LogP contribution < -0.4 is 20.1 Å². The van der Waals surface area contributed by atoms with Crippen molar-refractivity contribution in [2.24, 2.45) is 0 Å². The van der Waals surface area contributed by atoms with Crippen LogP contribution in [0.25, 0.3) is 0 Å². The van der Waals surface area contributed by atoms with E-state index in [-0.39, 0.29) is 11.6 Å². The number of hydrogen-bond acceptors (Lipinski definition) is 6. The topological polar surface area (TPSA) is 85.4 Å². The second-order valence-corrected chi connectivity index (χ2v) is 6.41. The first-order valence-corrected chi connectivity index (χ1v) is 9.30. The van der Waals surface area contributed by atoms with E-state index in [1.165, 1.54) is 11.8 Å². The lowest BCUT2D eigenvalue weighted by atomic mass is 10.1. The maximum Gasteiger partial charge on any atom is 0.271 e. The number of benzene rings is 2. The normalized spacial score (nSPS) is 10.3. The molecule has 0 saturated heterocycles. The van der Waals surface area contributed by atoms with Gasteiger partial charge in [-0.1, -0.05) is 29.8 Å². The Kier molecular flexibility index (Phi) is 7.00. The van der Waals surface area contributed by atoms with Gasteiger partial charge in [0.25, 0.3) is 5.91 Å². The Labute approximate surface area is 170 Å². The van der Waals surface area contributed by atoms with Crippen molar-refractivity contribution in [3.8, 4) is 11.5 Å². The molecule has 29 heavy (non-hydrogen) atoms. The minimum atomic E-state index is -0.291. The number of rotatable bonds is 9. The Hall–Kier alpha value is -3.61. The van der Waals surface area contributed by atoms with Gasteiger partial charge < -0.3 is 20.1 Å². The molecule has 0 saturated carbocycles. The van der Waals surface area contributed by atoms with Crippen molar-refractivity contribution in [1.29, 1.82) is 0 Å². The average molecular weight is 392 g/mol. The monoisotopic (exact) mass is 392 g/mol. The van der Waals surface area contributed by atoms with E-state index in [1.807, 2.05) is 24.3 Å². The van der Waals surface area contributed by atoms with E-state index in [4.69, 9.17) is 9.47 Å². The number of nitrogens with zero attached hydrogens (tertiary/aromatic N) is 2. The van der Waals surface area contributed by atoms with Crippen molar-refractivity contribution >= 4 is 11.7 Å². The van der Waals surface area contributed by atoms with Gasteiger partial charge in [0.2, 0.25) is 0 Å². The number of anilines is 1. The molecule has 0 spiro atoms. The van der Waals surface area contributed by atoms with E-state index in [1.54, 1.807) is 13.3 Å². The molecular formula is C22H24N4O3. The summed E-state index contributed by atoms with van der Waals surface area (Å²) in [5.74, 6) is 1.80. The van der Waals surface area contributed by atoms with Gasteiger partial charge in [0, 0.05) is 6.54 Å². The molecule has 1 amide bonds. The Balaban J connectivity index is 1.40. The molecule has 1 heterocycles. The molecule has 150 valence electrons. The lowest BCUT2D eigenvalue weighted by molar-refractivity contribution is 0.0941. The van der Waals surface area contributed by atoms with Gasteiger partial charge >= 0.3 is 0 Å². The van der Waals surface area contributed by atoms with Gasteiger partial charge in [0.15, 0.2) is 0 Å². The molecule has 0 radical (unpaired) electrons. The predicted molar refractivity (Wildman–Crippen MR) is 111 cm³/mol. The van der Waals surface area contributed by atoms with Crippen molar-refractivity contribution in [2.45, 2.75) is 13.5 Å². The highest BCUT2D eigenvalue weighted by Gasteiger charge is 2.07. The second-order valence-electron chi connectivity index (χ2n) is 6.41. The summed E-state index contributed by atoms with van der Waals surface area (Å²) in [6, 6.07) is 15.5. The summed E-state index contributed by atoms with van der Waals surface area (Å²) >= 11 is 0. The largest absolute Gasteiger partial charge is 0.497 e. The van der Waals surface area contributed by atoms with Crippen molar-refractivity contribution in [1.82, 2.24) is 15.3 Å². The molecule has 3 rings (SSSR count). The minimum absolute atomic E-state index is 0.260. The van der Waals surface area contributed by atoms with Crippen LogP contribution in [0, 0.1) is 6.92 Å². The average Bonchev–Trinajstić information content (AvgIpc) is 2.77. The number of carbonyl (C=O) groups excluding carboxylic acids is 1. The zero-order chi connectivity index (χ0) is 20.5. The van der Waals surface area contributed by atoms with Gasteiger partial charge in [0.05, 0.1) is 26.0 Å². The van der Waals surface area contributed by atoms with Crippen LogP contribution in [-0.4, -0.2) is 36.1 Å². The molecule has 0 unspecified atom stereocenters. The van der Waals surface area contributed by atoms with Gasteiger partial charge in [-0.15, -0.1) is 0 Å². The first-order chi connectivity index (χ1) is 14.1. The molecule has 0 aliphatic carbocycles. The Bertz CT molecular complexity index is 910. The van der Waals surface area contributed by atoms with E-state index in [0.717, 1.165) is 11.3 Å². The standard InChI is InChI=1S/C22H24N4O3/c1-16-3-5-17(6-4-16)13-25-21-15-24-20(14-26-21)22(27)23-11-12-29-19-9-7-18(28-2)8-10-19/h3-10,14-15H,11-13H2,1-2H3,(H,23,27)(H,25,26). The van der Waals surface area contributed by atoms with Crippen LogP contribution in [0.5, 0.6) is 11.5 Å².